The molecule has 2 heterocycles. The molecule has 98 valence electrons. The summed E-state index contributed by atoms with van der Waals surface area (Å²) < 4.78 is 23.1. The summed E-state index contributed by atoms with van der Waals surface area (Å²) in [6.07, 6.45) is 1.36. The van der Waals surface area contributed by atoms with Gasteiger partial charge in [-0.1, -0.05) is 11.6 Å². The number of halogens is 3. The smallest absolute Gasteiger partial charge is 0.237 e. The van der Waals surface area contributed by atoms with Crippen molar-refractivity contribution >= 4 is 65.5 Å². The zero-order valence-electron chi connectivity index (χ0n) is 8.81. The minimum atomic E-state index is -3.74. The van der Waals surface area contributed by atoms with Crippen LogP contribution in [0.4, 0.5) is 5.69 Å². The predicted molar refractivity (Wildman–Crippen MR) is 77.5 cm³/mol. The number of nitrogens with zero attached hydrogens (tertiary/aromatic N) is 2. The maximum atomic E-state index is 11.8. The summed E-state index contributed by atoms with van der Waals surface area (Å²) in [6.45, 7) is 0.0427. The maximum Gasteiger partial charge on any atom is 0.237 e. The van der Waals surface area contributed by atoms with Crippen LogP contribution in [0.25, 0.3) is 0 Å². The maximum absolute atomic E-state index is 11.8. The molecule has 0 N–H and O–H groups in total. The predicted octanol–water partition coefficient (Wildman–Crippen LogP) is 2.01. The molecule has 1 fully saturated rings. The molecule has 1 atom stereocenters. The van der Waals surface area contributed by atoms with E-state index in [0.717, 1.165) is 0 Å². The van der Waals surface area contributed by atoms with Gasteiger partial charge in [-0.25, -0.2) is 13.4 Å². The Hall–Kier alpha value is -0.120. The first-order valence-electron chi connectivity index (χ1n) is 4.84. The van der Waals surface area contributed by atoms with Crippen molar-refractivity contribution in [3.63, 3.8) is 0 Å². The van der Waals surface area contributed by atoms with Crippen LogP contribution >= 0.6 is 44.9 Å². The zero-order chi connectivity index (χ0) is 13.5. The van der Waals surface area contributed by atoms with Gasteiger partial charge in [0.15, 0.2) is 0 Å². The summed E-state index contributed by atoms with van der Waals surface area (Å²) in [5.74, 6) is -0.288. The Morgan fingerprint density at radius 1 is 1.50 bits per heavy atom. The number of carbonyl (C=O) groups excluding carboxylic acids is 1. The zero-order valence-corrected chi connectivity index (χ0v) is 13.3. The van der Waals surface area contributed by atoms with E-state index in [1.807, 2.05) is 22.6 Å². The Morgan fingerprint density at radius 2 is 2.17 bits per heavy atom. The summed E-state index contributed by atoms with van der Waals surface area (Å²) >= 11 is 7.83. The average molecular weight is 421 g/mol. The molecule has 1 saturated heterocycles. The van der Waals surface area contributed by atoms with E-state index in [1.54, 1.807) is 6.07 Å². The molecule has 0 radical (unpaired) electrons. The number of amides is 1. The van der Waals surface area contributed by atoms with Gasteiger partial charge in [-0.2, -0.15) is 0 Å². The highest BCUT2D eigenvalue weighted by molar-refractivity contribution is 14.1. The van der Waals surface area contributed by atoms with Crippen molar-refractivity contribution in [1.29, 1.82) is 0 Å². The van der Waals surface area contributed by atoms with Gasteiger partial charge in [0.05, 0.1) is 9.26 Å². The topological polar surface area (TPSA) is 67.3 Å². The van der Waals surface area contributed by atoms with Crippen molar-refractivity contribution in [1.82, 2.24) is 4.98 Å². The Bertz CT molecular complexity index is 608. The molecule has 5 nitrogen and oxygen atoms in total. The number of anilines is 1. The highest BCUT2D eigenvalue weighted by Gasteiger charge is 2.38. The summed E-state index contributed by atoms with van der Waals surface area (Å²) in [6, 6.07) is 1.62. The van der Waals surface area contributed by atoms with E-state index in [0.29, 0.717) is 9.26 Å². The molecular weight excluding hydrogens is 414 g/mol. The summed E-state index contributed by atoms with van der Waals surface area (Å²) in [4.78, 5) is 17.1. The van der Waals surface area contributed by atoms with Gasteiger partial charge < -0.3 is 4.90 Å². The SMILES string of the molecule is O=C1CC(S(=O)(=O)Cl)CN1c1ccnc(Cl)c1I. The van der Waals surface area contributed by atoms with Crippen LogP contribution in [0.5, 0.6) is 0 Å². The highest BCUT2D eigenvalue weighted by Crippen LogP contribution is 2.32. The third kappa shape index (κ3) is 2.73. The summed E-state index contributed by atoms with van der Waals surface area (Å²) in [5.41, 5.74) is 0.559. The highest BCUT2D eigenvalue weighted by atomic mass is 127. The molecule has 1 aliphatic heterocycles. The first kappa shape index (κ1) is 14.3. The lowest BCUT2D eigenvalue weighted by atomic mass is 10.3. The molecule has 0 saturated carbocycles. The minimum Gasteiger partial charge on any atom is -0.310 e. The second-order valence-corrected chi connectivity index (χ2v) is 8.09. The third-order valence-corrected chi connectivity index (χ3v) is 6.14. The van der Waals surface area contributed by atoms with E-state index in [1.165, 1.54) is 11.1 Å². The molecule has 0 aromatic carbocycles. The molecule has 2 rings (SSSR count). The third-order valence-electron chi connectivity index (χ3n) is 2.60. The average Bonchev–Trinajstić information content (AvgIpc) is 2.64. The van der Waals surface area contributed by atoms with E-state index >= 15 is 0 Å². The van der Waals surface area contributed by atoms with Gasteiger partial charge in [-0.05, 0) is 28.7 Å². The van der Waals surface area contributed by atoms with Gasteiger partial charge in [0, 0.05) is 29.8 Å². The number of aromatic nitrogens is 1. The number of pyridine rings is 1. The molecule has 1 aliphatic rings. The van der Waals surface area contributed by atoms with Gasteiger partial charge in [0.25, 0.3) is 0 Å². The molecule has 1 aromatic heterocycles. The normalized spacial score (nSPS) is 20.5. The van der Waals surface area contributed by atoms with Crippen LogP contribution < -0.4 is 4.90 Å². The molecule has 1 amide bonds. The van der Waals surface area contributed by atoms with Gasteiger partial charge >= 0.3 is 0 Å². The van der Waals surface area contributed by atoms with E-state index < -0.39 is 14.3 Å². The molecule has 1 aromatic rings. The lowest BCUT2D eigenvalue weighted by molar-refractivity contribution is -0.117. The van der Waals surface area contributed by atoms with Gasteiger partial charge in [-0.15, -0.1) is 0 Å². The van der Waals surface area contributed by atoms with E-state index in [2.05, 4.69) is 4.98 Å². The molecule has 0 bridgehead atoms. The molecular formula is C9H7Cl2IN2O3S. The van der Waals surface area contributed by atoms with E-state index in [9.17, 15) is 13.2 Å². The van der Waals surface area contributed by atoms with Crippen LogP contribution in [-0.4, -0.2) is 31.1 Å². The van der Waals surface area contributed by atoms with Crippen LogP contribution in [0.15, 0.2) is 12.3 Å². The monoisotopic (exact) mass is 420 g/mol. The number of hydrogen-bond donors (Lipinski definition) is 0. The molecule has 0 spiro atoms. The fourth-order valence-electron chi connectivity index (χ4n) is 1.71. The van der Waals surface area contributed by atoms with Crippen molar-refractivity contribution in [3.05, 3.63) is 21.0 Å². The van der Waals surface area contributed by atoms with Gasteiger partial charge in [0.1, 0.15) is 10.4 Å². The fraction of sp³-hybridized carbons (Fsp3) is 0.333. The van der Waals surface area contributed by atoms with Crippen LogP contribution in [0.3, 0.4) is 0 Å². The van der Waals surface area contributed by atoms with Crippen molar-refractivity contribution < 1.29 is 13.2 Å². The minimum absolute atomic E-state index is 0.0427. The Labute approximate surface area is 127 Å². The van der Waals surface area contributed by atoms with Crippen molar-refractivity contribution in [2.24, 2.45) is 0 Å². The Kier molecular flexibility index (Phi) is 4.05. The molecule has 18 heavy (non-hydrogen) atoms. The Morgan fingerprint density at radius 3 is 2.72 bits per heavy atom. The number of hydrogen-bond acceptors (Lipinski definition) is 4. The van der Waals surface area contributed by atoms with Crippen molar-refractivity contribution in [2.45, 2.75) is 11.7 Å². The van der Waals surface area contributed by atoms with Crippen molar-refractivity contribution in [3.8, 4) is 0 Å². The molecule has 1 unspecified atom stereocenters. The number of carbonyl (C=O) groups is 1. The van der Waals surface area contributed by atoms with Crippen LogP contribution in [0.1, 0.15) is 6.42 Å². The van der Waals surface area contributed by atoms with Crippen LogP contribution in [0, 0.1) is 3.57 Å². The number of rotatable bonds is 2. The lowest BCUT2D eigenvalue weighted by Crippen LogP contribution is -2.27. The molecule has 9 heteroatoms. The first-order chi connectivity index (χ1) is 8.30. The fourth-order valence-corrected chi connectivity index (χ4v) is 3.50. The second-order valence-electron chi connectivity index (χ2n) is 3.74. The summed E-state index contributed by atoms with van der Waals surface area (Å²) in [5, 5.41) is -0.604. The first-order valence-corrected chi connectivity index (χ1v) is 8.67. The van der Waals surface area contributed by atoms with Gasteiger partial charge in [-0.3, -0.25) is 4.79 Å². The second kappa shape index (κ2) is 5.10. The molecule has 0 aliphatic carbocycles. The van der Waals surface area contributed by atoms with Crippen LogP contribution in [0.2, 0.25) is 5.15 Å². The van der Waals surface area contributed by atoms with E-state index in [-0.39, 0.29) is 24.0 Å². The van der Waals surface area contributed by atoms with Crippen molar-refractivity contribution in [2.75, 3.05) is 11.4 Å². The largest absolute Gasteiger partial charge is 0.310 e. The summed E-state index contributed by atoms with van der Waals surface area (Å²) in [7, 11) is 1.54. The quantitative estimate of drug-likeness (QED) is 0.417. The van der Waals surface area contributed by atoms with Crippen LogP contribution in [-0.2, 0) is 13.8 Å². The standard InChI is InChI=1S/C9H7Cl2IN2O3S/c10-9-8(12)6(1-2-13-9)14-4-5(3-7(14)15)18(11,16)17/h1-2,5H,3-4H2. The van der Waals surface area contributed by atoms with Gasteiger partial charge in [0.2, 0.25) is 15.0 Å². The van der Waals surface area contributed by atoms with E-state index in [4.69, 9.17) is 22.3 Å². The lowest BCUT2D eigenvalue weighted by Gasteiger charge is -2.17. The Balaban J connectivity index is 2.36.